The zero-order chi connectivity index (χ0) is 42.4. The van der Waals surface area contributed by atoms with Crippen molar-refractivity contribution in [1.82, 2.24) is 0 Å². The average molecular weight is 821 g/mol. The quantitative estimate of drug-likeness (QED) is 0.0346. The maximum absolute atomic E-state index is 12.7. The third-order valence-corrected chi connectivity index (χ3v) is 11.8. The highest BCUT2D eigenvalue weighted by Crippen LogP contribution is 2.17. The molecule has 0 N–H and O–H groups in total. The second-order valence-corrected chi connectivity index (χ2v) is 18.3. The molecule has 0 fully saturated rings. The first-order chi connectivity index (χ1) is 28.4. The van der Waals surface area contributed by atoms with E-state index in [0.29, 0.717) is 19.3 Å². The summed E-state index contributed by atoms with van der Waals surface area (Å²) in [5.41, 5.74) is 0. The Balaban J connectivity index is 4.10. The normalized spacial score (nSPS) is 11.9. The lowest BCUT2D eigenvalue weighted by Gasteiger charge is -2.18. The van der Waals surface area contributed by atoms with E-state index < -0.39 is 6.10 Å². The lowest BCUT2D eigenvalue weighted by Crippen LogP contribution is -2.30. The molecule has 6 heteroatoms. The van der Waals surface area contributed by atoms with Crippen molar-refractivity contribution in [3.63, 3.8) is 0 Å². The molecular formula is C52H100O6. The van der Waals surface area contributed by atoms with E-state index in [2.05, 4.69) is 27.7 Å². The van der Waals surface area contributed by atoms with E-state index in [4.69, 9.17) is 14.2 Å². The van der Waals surface area contributed by atoms with Gasteiger partial charge in [-0.2, -0.15) is 0 Å². The van der Waals surface area contributed by atoms with Crippen LogP contribution in [0, 0.1) is 5.92 Å². The van der Waals surface area contributed by atoms with Crippen LogP contribution in [0.3, 0.4) is 0 Å². The number of carbonyl (C=O) groups excluding carboxylic acids is 3. The lowest BCUT2D eigenvalue weighted by molar-refractivity contribution is -0.167. The van der Waals surface area contributed by atoms with Gasteiger partial charge in [0.25, 0.3) is 0 Å². The predicted octanol–water partition coefficient (Wildman–Crippen LogP) is 16.7. The molecule has 0 bridgehead atoms. The van der Waals surface area contributed by atoms with Gasteiger partial charge in [-0.3, -0.25) is 14.4 Å². The van der Waals surface area contributed by atoms with Gasteiger partial charge in [-0.25, -0.2) is 0 Å². The predicted molar refractivity (Wildman–Crippen MR) is 247 cm³/mol. The Morgan fingerprint density at radius 3 is 0.845 bits per heavy atom. The van der Waals surface area contributed by atoms with E-state index >= 15 is 0 Å². The molecule has 1 atom stereocenters. The molecule has 0 unspecified atom stereocenters. The van der Waals surface area contributed by atoms with Gasteiger partial charge >= 0.3 is 17.9 Å². The minimum Gasteiger partial charge on any atom is -0.462 e. The summed E-state index contributed by atoms with van der Waals surface area (Å²) in [7, 11) is 0. The Bertz CT molecular complexity index is 872. The Kier molecular flexibility index (Phi) is 45.2. The highest BCUT2D eigenvalue weighted by atomic mass is 16.6. The van der Waals surface area contributed by atoms with Gasteiger partial charge in [0, 0.05) is 19.3 Å². The average Bonchev–Trinajstić information content (AvgIpc) is 3.21. The van der Waals surface area contributed by atoms with Gasteiger partial charge in [0.15, 0.2) is 6.10 Å². The van der Waals surface area contributed by atoms with E-state index in [-0.39, 0.29) is 31.1 Å². The molecule has 0 aliphatic carbocycles. The zero-order valence-corrected chi connectivity index (χ0v) is 39.5. The number of carbonyl (C=O) groups is 3. The first-order valence-electron chi connectivity index (χ1n) is 25.9. The van der Waals surface area contributed by atoms with Gasteiger partial charge in [-0.1, -0.05) is 252 Å². The number of rotatable bonds is 47. The standard InChI is InChI=1S/C52H100O6/c1-5-7-9-11-12-13-14-15-16-17-20-23-26-29-32-36-40-44-51(54)57-47-49(46-56-50(53)43-39-34-10-8-6-2)58-52(55)45-41-37-33-30-27-24-21-18-19-22-25-28-31-35-38-42-48(3)4/h48-49H,5-47H2,1-4H3/t49-/m0/s1. The fourth-order valence-corrected chi connectivity index (χ4v) is 7.86. The highest BCUT2D eigenvalue weighted by Gasteiger charge is 2.19. The first-order valence-corrected chi connectivity index (χ1v) is 25.9. The number of hydrogen-bond acceptors (Lipinski definition) is 6. The third kappa shape index (κ3) is 45.5. The van der Waals surface area contributed by atoms with E-state index in [1.54, 1.807) is 0 Å². The van der Waals surface area contributed by atoms with Crippen LogP contribution in [-0.2, 0) is 28.6 Å². The number of hydrogen-bond donors (Lipinski definition) is 0. The molecule has 0 spiro atoms. The fraction of sp³-hybridized carbons (Fsp3) is 0.942. The molecule has 0 rings (SSSR count). The summed E-state index contributed by atoms with van der Waals surface area (Å²) in [6, 6.07) is 0. The summed E-state index contributed by atoms with van der Waals surface area (Å²) in [4.78, 5) is 37.6. The van der Waals surface area contributed by atoms with Crippen LogP contribution in [0.2, 0.25) is 0 Å². The monoisotopic (exact) mass is 821 g/mol. The second kappa shape index (κ2) is 46.5. The van der Waals surface area contributed by atoms with Gasteiger partial charge in [-0.15, -0.1) is 0 Å². The molecule has 0 saturated heterocycles. The van der Waals surface area contributed by atoms with Crippen LogP contribution in [0.4, 0.5) is 0 Å². The van der Waals surface area contributed by atoms with Crippen LogP contribution in [0.1, 0.15) is 291 Å². The largest absolute Gasteiger partial charge is 0.462 e. The van der Waals surface area contributed by atoms with Gasteiger partial charge in [0.2, 0.25) is 0 Å². The maximum Gasteiger partial charge on any atom is 0.306 e. The molecule has 0 aromatic carbocycles. The summed E-state index contributed by atoms with van der Waals surface area (Å²) in [5, 5.41) is 0. The van der Waals surface area contributed by atoms with Crippen LogP contribution in [0.25, 0.3) is 0 Å². The van der Waals surface area contributed by atoms with Gasteiger partial charge in [-0.05, 0) is 25.2 Å². The van der Waals surface area contributed by atoms with Gasteiger partial charge in [0.05, 0.1) is 0 Å². The molecule has 0 aromatic rings. The first kappa shape index (κ1) is 56.4. The minimum atomic E-state index is -0.759. The molecule has 0 saturated carbocycles. The SMILES string of the molecule is CCCCCCCCCCCCCCCCCCCC(=O)OC[C@H](COC(=O)CCCCCCC)OC(=O)CCCCCCCCCCCCCCCCCC(C)C. The van der Waals surface area contributed by atoms with E-state index in [0.717, 1.165) is 70.1 Å². The third-order valence-electron chi connectivity index (χ3n) is 11.8. The molecule has 58 heavy (non-hydrogen) atoms. The van der Waals surface area contributed by atoms with Gasteiger partial charge in [0.1, 0.15) is 13.2 Å². The summed E-state index contributed by atoms with van der Waals surface area (Å²) < 4.78 is 16.7. The molecule has 344 valence electrons. The molecule has 6 nitrogen and oxygen atoms in total. The van der Waals surface area contributed by atoms with Crippen molar-refractivity contribution in [2.24, 2.45) is 5.92 Å². The number of unbranched alkanes of at least 4 members (excludes halogenated alkanes) is 34. The molecule has 0 amide bonds. The smallest absolute Gasteiger partial charge is 0.306 e. The maximum atomic E-state index is 12.7. The summed E-state index contributed by atoms with van der Waals surface area (Å²) >= 11 is 0. The molecule has 0 aliphatic heterocycles. The van der Waals surface area contributed by atoms with Gasteiger partial charge < -0.3 is 14.2 Å². The van der Waals surface area contributed by atoms with E-state index in [9.17, 15) is 14.4 Å². The van der Waals surface area contributed by atoms with Crippen molar-refractivity contribution in [2.75, 3.05) is 13.2 Å². The Morgan fingerprint density at radius 2 is 0.569 bits per heavy atom. The fourth-order valence-electron chi connectivity index (χ4n) is 7.86. The molecule has 0 heterocycles. The molecule has 0 aliphatic rings. The van der Waals surface area contributed by atoms with Crippen molar-refractivity contribution >= 4 is 17.9 Å². The van der Waals surface area contributed by atoms with E-state index in [1.165, 1.54) is 180 Å². The van der Waals surface area contributed by atoms with Crippen molar-refractivity contribution in [3.05, 3.63) is 0 Å². The second-order valence-electron chi connectivity index (χ2n) is 18.3. The summed E-state index contributed by atoms with van der Waals surface area (Å²) in [5.74, 6) is -0.0109. The molecule has 0 aromatic heterocycles. The van der Waals surface area contributed by atoms with Crippen molar-refractivity contribution in [3.8, 4) is 0 Å². The van der Waals surface area contributed by atoms with Crippen molar-refractivity contribution in [1.29, 1.82) is 0 Å². The Morgan fingerprint density at radius 1 is 0.328 bits per heavy atom. The Labute approximate surface area is 361 Å². The van der Waals surface area contributed by atoms with E-state index in [1.807, 2.05) is 0 Å². The number of esters is 3. The van der Waals surface area contributed by atoms with Crippen LogP contribution in [-0.4, -0.2) is 37.2 Å². The Hall–Kier alpha value is -1.59. The van der Waals surface area contributed by atoms with Crippen LogP contribution >= 0.6 is 0 Å². The summed E-state index contributed by atoms with van der Waals surface area (Å²) in [6.45, 7) is 8.96. The topological polar surface area (TPSA) is 78.9 Å². The summed E-state index contributed by atoms with van der Waals surface area (Å²) in [6.07, 6.45) is 48.4. The van der Waals surface area contributed by atoms with Crippen LogP contribution in [0.15, 0.2) is 0 Å². The lowest BCUT2D eigenvalue weighted by atomic mass is 10.0. The minimum absolute atomic E-state index is 0.0637. The zero-order valence-electron chi connectivity index (χ0n) is 39.5. The molecular weight excluding hydrogens is 721 g/mol. The van der Waals surface area contributed by atoms with Crippen LogP contribution in [0.5, 0.6) is 0 Å². The van der Waals surface area contributed by atoms with Crippen molar-refractivity contribution < 1.29 is 28.6 Å². The number of ether oxygens (including phenoxy) is 3. The van der Waals surface area contributed by atoms with Crippen molar-refractivity contribution in [2.45, 2.75) is 297 Å². The highest BCUT2D eigenvalue weighted by molar-refractivity contribution is 5.71. The van der Waals surface area contributed by atoms with Crippen LogP contribution < -0.4 is 0 Å². The molecule has 0 radical (unpaired) electrons.